The lowest BCUT2D eigenvalue weighted by Gasteiger charge is -2.19. The fraction of sp³-hybridized carbons (Fsp3) is 0.412. The molecule has 106 valence electrons. The Labute approximate surface area is 126 Å². The van der Waals surface area contributed by atoms with Gasteiger partial charge in [0.2, 0.25) is 0 Å². The lowest BCUT2D eigenvalue weighted by molar-refractivity contribution is 0.542. The summed E-state index contributed by atoms with van der Waals surface area (Å²) in [6, 6.07) is 8.45. The summed E-state index contributed by atoms with van der Waals surface area (Å²) >= 11 is 6.38. The minimum atomic E-state index is -0.0870. The van der Waals surface area contributed by atoms with Crippen molar-refractivity contribution in [2.45, 2.75) is 46.5 Å². The van der Waals surface area contributed by atoms with Crippen molar-refractivity contribution < 1.29 is 0 Å². The molecule has 0 spiro atoms. The molecular formula is C17H21ClN2. The van der Waals surface area contributed by atoms with Crippen molar-refractivity contribution in [1.82, 2.24) is 9.97 Å². The summed E-state index contributed by atoms with van der Waals surface area (Å²) in [5, 5.41) is 0.573. The van der Waals surface area contributed by atoms with Gasteiger partial charge in [0.15, 0.2) is 0 Å². The highest BCUT2D eigenvalue weighted by atomic mass is 35.5. The monoisotopic (exact) mass is 288 g/mol. The van der Waals surface area contributed by atoms with Crippen LogP contribution >= 0.6 is 11.6 Å². The van der Waals surface area contributed by atoms with Crippen LogP contribution in [-0.4, -0.2) is 9.97 Å². The number of rotatable bonds is 2. The zero-order valence-corrected chi connectivity index (χ0v) is 13.5. The van der Waals surface area contributed by atoms with Gasteiger partial charge in [-0.05, 0) is 19.4 Å². The molecule has 0 bridgehead atoms. The van der Waals surface area contributed by atoms with Crippen LogP contribution in [0.2, 0.25) is 5.15 Å². The molecule has 0 saturated heterocycles. The van der Waals surface area contributed by atoms with E-state index >= 15 is 0 Å². The van der Waals surface area contributed by atoms with E-state index in [9.17, 15) is 0 Å². The number of aryl methyl sites for hydroxylation is 2. The molecule has 0 aliphatic heterocycles. The van der Waals surface area contributed by atoms with Gasteiger partial charge in [0.05, 0.1) is 0 Å². The van der Waals surface area contributed by atoms with E-state index in [2.05, 4.69) is 61.9 Å². The lowest BCUT2D eigenvalue weighted by atomic mass is 9.95. The van der Waals surface area contributed by atoms with Crippen molar-refractivity contribution >= 4 is 11.6 Å². The van der Waals surface area contributed by atoms with Crippen molar-refractivity contribution in [1.29, 1.82) is 0 Å². The van der Waals surface area contributed by atoms with E-state index in [-0.39, 0.29) is 5.41 Å². The van der Waals surface area contributed by atoms with Gasteiger partial charge in [-0.15, -0.1) is 0 Å². The summed E-state index contributed by atoms with van der Waals surface area (Å²) < 4.78 is 0. The van der Waals surface area contributed by atoms with Gasteiger partial charge in [-0.25, -0.2) is 9.97 Å². The molecular weight excluding hydrogens is 268 g/mol. The van der Waals surface area contributed by atoms with Crippen molar-refractivity contribution in [2.75, 3.05) is 0 Å². The summed E-state index contributed by atoms with van der Waals surface area (Å²) in [5.41, 5.74) is 4.39. The summed E-state index contributed by atoms with van der Waals surface area (Å²) in [6.07, 6.45) is 0.775. The first kappa shape index (κ1) is 15.0. The molecule has 3 heteroatoms. The van der Waals surface area contributed by atoms with Crippen molar-refractivity contribution in [2.24, 2.45) is 0 Å². The summed E-state index contributed by atoms with van der Waals surface area (Å²) in [7, 11) is 0. The van der Waals surface area contributed by atoms with Crippen molar-refractivity contribution in [3.63, 3.8) is 0 Å². The Balaban J connectivity index is 2.38. The predicted octanol–water partition coefficient (Wildman–Crippen LogP) is 4.64. The molecule has 0 amide bonds. The van der Waals surface area contributed by atoms with Crippen LogP contribution in [0, 0.1) is 13.8 Å². The average molecular weight is 289 g/mol. The first-order valence-corrected chi connectivity index (χ1v) is 7.24. The Morgan fingerprint density at radius 1 is 1.10 bits per heavy atom. The van der Waals surface area contributed by atoms with E-state index in [1.807, 2.05) is 6.92 Å². The van der Waals surface area contributed by atoms with E-state index in [0.717, 1.165) is 23.5 Å². The smallest absolute Gasteiger partial charge is 0.136 e. The predicted molar refractivity (Wildman–Crippen MR) is 84.5 cm³/mol. The highest BCUT2D eigenvalue weighted by Crippen LogP contribution is 2.25. The third-order valence-corrected chi connectivity index (χ3v) is 3.61. The van der Waals surface area contributed by atoms with E-state index in [4.69, 9.17) is 11.6 Å². The SMILES string of the molecule is Cc1cccc(Cc2c(C)nc(C(C)(C)C)nc2Cl)c1. The Morgan fingerprint density at radius 2 is 1.80 bits per heavy atom. The number of hydrogen-bond acceptors (Lipinski definition) is 2. The molecule has 0 radical (unpaired) electrons. The topological polar surface area (TPSA) is 25.8 Å². The van der Waals surface area contributed by atoms with Crippen molar-refractivity contribution in [3.05, 3.63) is 57.6 Å². The van der Waals surface area contributed by atoms with Crippen LogP contribution in [0.5, 0.6) is 0 Å². The molecule has 2 rings (SSSR count). The molecule has 0 saturated carbocycles. The molecule has 0 N–H and O–H groups in total. The van der Waals surface area contributed by atoms with Gasteiger partial charge in [0.1, 0.15) is 11.0 Å². The Kier molecular flexibility index (Phi) is 4.14. The van der Waals surface area contributed by atoms with Gasteiger partial charge in [-0.2, -0.15) is 0 Å². The summed E-state index contributed by atoms with van der Waals surface area (Å²) in [6.45, 7) is 10.4. The Bertz CT molecular complexity index is 604. The fourth-order valence-corrected chi connectivity index (χ4v) is 2.41. The largest absolute Gasteiger partial charge is 0.237 e. The molecule has 2 aromatic rings. The van der Waals surface area contributed by atoms with Gasteiger partial charge in [0, 0.05) is 23.1 Å². The molecule has 1 aromatic heterocycles. The van der Waals surface area contributed by atoms with Crippen LogP contribution in [0.15, 0.2) is 24.3 Å². The maximum Gasteiger partial charge on any atom is 0.136 e. The highest BCUT2D eigenvalue weighted by molar-refractivity contribution is 6.30. The van der Waals surface area contributed by atoms with Crippen LogP contribution in [0.25, 0.3) is 0 Å². The van der Waals surface area contributed by atoms with Gasteiger partial charge in [0.25, 0.3) is 0 Å². The van der Waals surface area contributed by atoms with E-state index in [1.165, 1.54) is 11.1 Å². The van der Waals surface area contributed by atoms with E-state index in [0.29, 0.717) is 5.15 Å². The van der Waals surface area contributed by atoms with Gasteiger partial charge in [-0.1, -0.05) is 62.2 Å². The normalized spacial score (nSPS) is 11.7. The fourth-order valence-electron chi connectivity index (χ4n) is 2.12. The second-order valence-corrected chi connectivity index (χ2v) is 6.68. The number of benzene rings is 1. The Hall–Kier alpha value is -1.41. The van der Waals surface area contributed by atoms with Gasteiger partial charge < -0.3 is 0 Å². The molecule has 1 heterocycles. The third-order valence-electron chi connectivity index (χ3n) is 3.30. The van der Waals surface area contributed by atoms with Crippen LogP contribution in [0.4, 0.5) is 0 Å². The molecule has 0 atom stereocenters. The number of nitrogens with zero attached hydrogens (tertiary/aromatic N) is 2. The van der Waals surface area contributed by atoms with Gasteiger partial charge >= 0.3 is 0 Å². The molecule has 0 aliphatic rings. The zero-order valence-electron chi connectivity index (χ0n) is 12.8. The lowest BCUT2D eigenvalue weighted by Crippen LogP contribution is -2.18. The summed E-state index contributed by atoms with van der Waals surface area (Å²) in [4.78, 5) is 9.11. The average Bonchev–Trinajstić information content (AvgIpc) is 2.32. The maximum absolute atomic E-state index is 6.38. The number of halogens is 1. The Morgan fingerprint density at radius 3 is 2.35 bits per heavy atom. The van der Waals surface area contributed by atoms with Crippen LogP contribution in [0.3, 0.4) is 0 Å². The van der Waals surface area contributed by atoms with Crippen molar-refractivity contribution in [3.8, 4) is 0 Å². The second-order valence-electron chi connectivity index (χ2n) is 6.32. The maximum atomic E-state index is 6.38. The molecule has 0 aliphatic carbocycles. The molecule has 20 heavy (non-hydrogen) atoms. The quantitative estimate of drug-likeness (QED) is 0.753. The summed E-state index contributed by atoms with van der Waals surface area (Å²) in [5.74, 6) is 0.799. The zero-order chi connectivity index (χ0) is 14.9. The number of hydrogen-bond donors (Lipinski definition) is 0. The third kappa shape index (κ3) is 3.37. The molecule has 0 fully saturated rings. The standard InChI is InChI=1S/C17H21ClN2/c1-11-7-6-8-13(9-11)10-14-12(2)19-16(17(3,4)5)20-15(14)18/h6-9H,10H2,1-5H3. The van der Waals surface area contributed by atoms with E-state index < -0.39 is 0 Å². The van der Waals surface area contributed by atoms with Crippen LogP contribution in [0.1, 0.15) is 49.0 Å². The molecule has 1 aromatic carbocycles. The first-order valence-electron chi connectivity index (χ1n) is 6.86. The second kappa shape index (κ2) is 5.53. The highest BCUT2D eigenvalue weighted by Gasteiger charge is 2.20. The van der Waals surface area contributed by atoms with Gasteiger partial charge in [-0.3, -0.25) is 0 Å². The van der Waals surface area contributed by atoms with Crippen LogP contribution in [-0.2, 0) is 11.8 Å². The van der Waals surface area contributed by atoms with E-state index in [1.54, 1.807) is 0 Å². The molecule has 2 nitrogen and oxygen atoms in total. The van der Waals surface area contributed by atoms with Crippen LogP contribution < -0.4 is 0 Å². The molecule has 0 unspecified atom stereocenters. The minimum absolute atomic E-state index is 0.0870. The first-order chi connectivity index (χ1) is 9.27. The minimum Gasteiger partial charge on any atom is -0.237 e. The number of aromatic nitrogens is 2.